The monoisotopic (exact) mass is 313 g/mol. The highest BCUT2D eigenvalue weighted by atomic mass is 35.5. The van der Waals surface area contributed by atoms with Gasteiger partial charge in [0.15, 0.2) is 0 Å². The molecule has 0 saturated heterocycles. The number of halogens is 1. The molecule has 0 bridgehead atoms. The molecule has 0 unspecified atom stereocenters. The molecule has 8 heteroatoms. The maximum Gasteiger partial charge on any atom is 0.270 e. The molecular weight excluding hydrogens is 298 g/mol. The fourth-order valence-electron chi connectivity index (χ4n) is 1.54. The molecule has 0 fully saturated rings. The molecule has 0 heterocycles. The second-order valence-corrected chi connectivity index (χ2v) is 4.81. The summed E-state index contributed by atoms with van der Waals surface area (Å²) in [4.78, 5) is 33.8. The van der Waals surface area contributed by atoms with E-state index in [4.69, 9.17) is 11.6 Å². The average molecular weight is 314 g/mol. The summed E-state index contributed by atoms with van der Waals surface area (Å²) >= 11 is 5.86. The van der Waals surface area contributed by atoms with E-state index in [2.05, 4.69) is 10.6 Å². The Morgan fingerprint density at radius 3 is 2.67 bits per heavy atom. The summed E-state index contributed by atoms with van der Waals surface area (Å²) in [5, 5.41) is 15.9. The SMILES string of the molecule is CCCNC(=O)[C@@H](C)NC(=O)c1cc([N+](=O)[O-])ccc1Cl. The van der Waals surface area contributed by atoms with Gasteiger partial charge in [-0.1, -0.05) is 18.5 Å². The van der Waals surface area contributed by atoms with Crippen LogP contribution in [0.5, 0.6) is 0 Å². The first-order chi connectivity index (χ1) is 9.86. The predicted molar refractivity (Wildman–Crippen MR) is 78.3 cm³/mol. The van der Waals surface area contributed by atoms with E-state index in [-0.39, 0.29) is 22.2 Å². The Morgan fingerprint density at radius 1 is 1.43 bits per heavy atom. The zero-order valence-electron chi connectivity index (χ0n) is 11.7. The van der Waals surface area contributed by atoms with Gasteiger partial charge < -0.3 is 10.6 Å². The van der Waals surface area contributed by atoms with E-state index in [9.17, 15) is 19.7 Å². The largest absolute Gasteiger partial charge is 0.354 e. The molecule has 0 saturated carbocycles. The average Bonchev–Trinajstić information content (AvgIpc) is 2.44. The van der Waals surface area contributed by atoms with E-state index in [0.717, 1.165) is 12.5 Å². The van der Waals surface area contributed by atoms with Crippen molar-refractivity contribution in [1.29, 1.82) is 0 Å². The number of nitrogens with one attached hydrogen (secondary N) is 2. The van der Waals surface area contributed by atoms with Gasteiger partial charge in [0.05, 0.1) is 15.5 Å². The van der Waals surface area contributed by atoms with Gasteiger partial charge in [0.1, 0.15) is 6.04 Å². The highest BCUT2D eigenvalue weighted by Crippen LogP contribution is 2.22. The summed E-state index contributed by atoms with van der Waals surface area (Å²) in [6, 6.07) is 2.79. The summed E-state index contributed by atoms with van der Waals surface area (Å²) in [6.07, 6.45) is 0.781. The van der Waals surface area contributed by atoms with Gasteiger partial charge in [-0.3, -0.25) is 19.7 Å². The van der Waals surface area contributed by atoms with Gasteiger partial charge in [0.2, 0.25) is 5.91 Å². The van der Waals surface area contributed by atoms with Crippen LogP contribution in [0.3, 0.4) is 0 Å². The molecule has 0 aliphatic rings. The second-order valence-electron chi connectivity index (χ2n) is 4.41. The molecule has 0 aliphatic heterocycles. The number of hydrogen-bond acceptors (Lipinski definition) is 4. The van der Waals surface area contributed by atoms with E-state index < -0.39 is 16.9 Å². The van der Waals surface area contributed by atoms with Crippen LogP contribution in [0.2, 0.25) is 5.02 Å². The summed E-state index contributed by atoms with van der Waals surface area (Å²) in [7, 11) is 0. The molecule has 7 nitrogen and oxygen atoms in total. The first-order valence-electron chi connectivity index (χ1n) is 6.39. The molecule has 2 N–H and O–H groups in total. The molecule has 114 valence electrons. The number of carbonyl (C=O) groups is 2. The van der Waals surface area contributed by atoms with E-state index in [1.807, 2.05) is 6.92 Å². The number of hydrogen-bond donors (Lipinski definition) is 2. The fourth-order valence-corrected chi connectivity index (χ4v) is 1.75. The summed E-state index contributed by atoms with van der Waals surface area (Å²) < 4.78 is 0. The number of nitro groups is 1. The third-order valence-corrected chi connectivity index (χ3v) is 3.03. The third-order valence-electron chi connectivity index (χ3n) is 2.70. The third kappa shape index (κ3) is 4.71. The Balaban J connectivity index is 2.82. The number of nitro benzene ring substituents is 1. The van der Waals surface area contributed by atoms with Crippen molar-refractivity contribution >= 4 is 29.1 Å². The van der Waals surface area contributed by atoms with Gasteiger partial charge >= 0.3 is 0 Å². The van der Waals surface area contributed by atoms with Crippen LogP contribution in [-0.4, -0.2) is 29.3 Å². The first kappa shape index (κ1) is 16.9. The standard InChI is InChI=1S/C13H16ClN3O4/c1-3-6-15-12(18)8(2)16-13(19)10-7-9(17(20)21)4-5-11(10)14/h4-5,7-8H,3,6H2,1-2H3,(H,15,18)(H,16,19)/t8-/m1/s1. The van der Waals surface area contributed by atoms with Gasteiger partial charge in [-0.25, -0.2) is 0 Å². The molecule has 2 amide bonds. The minimum atomic E-state index is -0.764. The summed E-state index contributed by atoms with van der Waals surface area (Å²) in [5.74, 6) is -0.963. The second kappa shape index (κ2) is 7.58. The van der Waals surface area contributed by atoms with Crippen LogP contribution >= 0.6 is 11.6 Å². The lowest BCUT2D eigenvalue weighted by Gasteiger charge is -2.14. The number of non-ortho nitro benzene ring substituents is 1. The molecule has 1 atom stereocenters. The maximum atomic E-state index is 12.0. The Bertz CT molecular complexity index is 562. The minimum absolute atomic E-state index is 0.0407. The summed E-state index contributed by atoms with van der Waals surface area (Å²) in [6.45, 7) is 3.94. The van der Waals surface area contributed by atoms with Gasteiger partial charge in [-0.05, 0) is 19.4 Å². The summed E-state index contributed by atoms with van der Waals surface area (Å²) in [5.41, 5.74) is -0.284. The van der Waals surface area contributed by atoms with Crippen molar-refractivity contribution in [2.24, 2.45) is 0 Å². The van der Waals surface area contributed by atoms with Crippen LogP contribution < -0.4 is 10.6 Å². The Kier molecular flexibility index (Phi) is 6.10. The Hall–Kier alpha value is -2.15. The van der Waals surface area contributed by atoms with Gasteiger partial charge in [-0.2, -0.15) is 0 Å². The van der Waals surface area contributed by atoms with Crippen molar-refractivity contribution in [3.63, 3.8) is 0 Å². The van der Waals surface area contributed by atoms with Crippen LogP contribution in [0.25, 0.3) is 0 Å². The molecule has 0 aliphatic carbocycles. The fraction of sp³-hybridized carbons (Fsp3) is 0.385. The molecule has 0 aromatic heterocycles. The number of benzene rings is 1. The van der Waals surface area contributed by atoms with Crippen molar-refractivity contribution in [2.45, 2.75) is 26.3 Å². The number of amides is 2. The zero-order chi connectivity index (χ0) is 16.0. The normalized spacial score (nSPS) is 11.6. The molecule has 0 radical (unpaired) electrons. The van der Waals surface area contributed by atoms with Gasteiger partial charge in [0.25, 0.3) is 11.6 Å². The van der Waals surface area contributed by atoms with Crippen molar-refractivity contribution in [2.75, 3.05) is 6.54 Å². The van der Waals surface area contributed by atoms with E-state index in [1.165, 1.54) is 19.1 Å². The molecule has 21 heavy (non-hydrogen) atoms. The first-order valence-corrected chi connectivity index (χ1v) is 6.77. The van der Waals surface area contributed by atoms with Gasteiger partial charge in [0, 0.05) is 18.7 Å². The Morgan fingerprint density at radius 2 is 2.10 bits per heavy atom. The Labute approximate surface area is 126 Å². The molecule has 1 rings (SSSR count). The zero-order valence-corrected chi connectivity index (χ0v) is 12.4. The minimum Gasteiger partial charge on any atom is -0.354 e. The maximum absolute atomic E-state index is 12.0. The molecular formula is C13H16ClN3O4. The predicted octanol–water partition coefficient (Wildman–Crippen LogP) is 1.89. The van der Waals surface area contributed by atoms with Crippen LogP contribution in [-0.2, 0) is 4.79 Å². The van der Waals surface area contributed by atoms with Crippen LogP contribution in [0.4, 0.5) is 5.69 Å². The number of rotatable bonds is 6. The highest BCUT2D eigenvalue weighted by Gasteiger charge is 2.20. The van der Waals surface area contributed by atoms with Crippen LogP contribution in [0.1, 0.15) is 30.6 Å². The van der Waals surface area contributed by atoms with Crippen molar-refractivity contribution < 1.29 is 14.5 Å². The smallest absolute Gasteiger partial charge is 0.270 e. The molecule has 1 aromatic rings. The van der Waals surface area contributed by atoms with E-state index >= 15 is 0 Å². The highest BCUT2D eigenvalue weighted by molar-refractivity contribution is 6.34. The lowest BCUT2D eigenvalue weighted by molar-refractivity contribution is -0.384. The molecule has 0 spiro atoms. The van der Waals surface area contributed by atoms with Crippen molar-refractivity contribution in [3.8, 4) is 0 Å². The van der Waals surface area contributed by atoms with Crippen molar-refractivity contribution in [3.05, 3.63) is 38.9 Å². The van der Waals surface area contributed by atoms with E-state index in [0.29, 0.717) is 6.54 Å². The van der Waals surface area contributed by atoms with Gasteiger partial charge in [-0.15, -0.1) is 0 Å². The van der Waals surface area contributed by atoms with Crippen LogP contribution in [0.15, 0.2) is 18.2 Å². The quantitative estimate of drug-likeness (QED) is 0.618. The number of carbonyl (C=O) groups excluding carboxylic acids is 2. The van der Waals surface area contributed by atoms with Crippen LogP contribution in [0, 0.1) is 10.1 Å². The van der Waals surface area contributed by atoms with Crippen molar-refractivity contribution in [1.82, 2.24) is 10.6 Å². The molecule has 1 aromatic carbocycles. The topological polar surface area (TPSA) is 101 Å². The van der Waals surface area contributed by atoms with E-state index in [1.54, 1.807) is 0 Å². The lowest BCUT2D eigenvalue weighted by atomic mass is 10.1. The lowest BCUT2D eigenvalue weighted by Crippen LogP contribution is -2.45. The number of nitrogens with zero attached hydrogens (tertiary/aromatic N) is 1.